The molecule has 0 saturated heterocycles. The number of unbranched alkanes of at least 4 members (excludes halogenated alkanes) is 33. The van der Waals surface area contributed by atoms with Gasteiger partial charge < -0.3 is 19.4 Å². The number of hydrogen-bond acceptors (Lipinski definition) is 6. The number of carbonyl (C=O) groups excluding carboxylic acids is 2. The van der Waals surface area contributed by atoms with Gasteiger partial charge in [-0.15, -0.1) is 0 Å². The maximum atomic E-state index is 13.6. The zero-order valence-electron chi connectivity index (χ0n) is 57.5. The maximum Gasteiger partial charge on any atom is 0.472 e. The van der Waals surface area contributed by atoms with Crippen LogP contribution in [0.1, 0.15) is 316 Å². The number of esters is 1. The third kappa shape index (κ3) is 66.9. The number of nitrogens with zero attached hydrogens (tertiary/aromatic N) is 1. The van der Waals surface area contributed by atoms with E-state index in [1.165, 1.54) is 154 Å². The molecule has 87 heavy (non-hydrogen) atoms. The van der Waals surface area contributed by atoms with Gasteiger partial charge in [0, 0.05) is 12.8 Å². The molecule has 1 amide bonds. The van der Waals surface area contributed by atoms with Gasteiger partial charge >= 0.3 is 13.8 Å². The van der Waals surface area contributed by atoms with Gasteiger partial charge in [-0.1, -0.05) is 297 Å². The Kier molecular flexibility index (Phi) is 63.1. The van der Waals surface area contributed by atoms with Crippen LogP contribution in [0.2, 0.25) is 0 Å². The summed E-state index contributed by atoms with van der Waals surface area (Å²) in [5.74, 6) is -0.520. The Hall–Kier alpha value is -3.33. The number of amides is 1. The molecule has 0 aromatic rings. The summed E-state index contributed by atoms with van der Waals surface area (Å²) < 4.78 is 30.8. The van der Waals surface area contributed by atoms with E-state index in [1.807, 2.05) is 33.3 Å². The molecule has 0 rings (SSSR count). The molecule has 10 heteroatoms. The Balaban J connectivity index is 5.04. The highest BCUT2D eigenvalue weighted by atomic mass is 31.2. The molecule has 0 radical (unpaired) electrons. The lowest BCUT2D eigenvalue weighted by molar-refractivity contribution is -0.870. The van der Waals surface area contributed by atoms with E-state index in [4.69, 9.17) is 13.8 Å². The molecule has 0 aromatic carbocycles. The van der Waals surface area contributed by atoms with Crippen LogP contribution in [0.4, 0.5) is 0 Å². The first-order chi connectivity index (χ1) is 42.4. The largest absolute Gasteiger partial charge is 0.472 e. The Morgan fingerprint density at radius 1 is 0.414 bits per heavy atom. The second-order valence-corrected chi connectivity index (χ2v) is 26.8. The Bertz CT molecular complexity index is 1860. The highest BCUT2D eigenvalue weighted by molar-refractivity contribution is 7.47. The van der Waals surface area contributed by atoms with Crippen molar-refractivity contribution in [1.82, 2.24) is 5.32 Å². The van der Waals surface area contributed by atoms with Crippen LogP contribution in [0, 0.1) is 0 Å². The van der Waals surface area contributed by atoms with Crippen molar-refractivity contribution in [2.75, 3.05) is 40.9 Å². The van der Waals surface area contributed by atoms with Crippen molar-refractivity contribution in [1.29, 1.82) is 0 Å². The second kappa shape index (κ2) is 65.6. The molecular formula is C77H138N2O7P+. The Morgan fingerprint density at radius 3 is 1.13 bits per heavy atom. The highest BCUT2D eigenvalue weighted by Gasteiger charge is 2.30. The van der Waals surface area contributed by atoms with Crippen molar-refractivity contribution in [3.8, 4) is 0 Å². The van der Waals surface area contributed by atoms with Crippen molar-refractivity contribution in [3.63, 3.8) is 0 Å². The summed E-state index contributed by atoms with van der Waals surface area (Å²) in [4.78, 5) is 37.9. The summed E-state index contributed by atoms with van der Waals surface area (Å²) in [5, 5.41) is 3.07. The molecule has 9 nitrogen and oxygen atoms in total. The SMILES string of the molecule is CC/C=C\C/C=C\C/C=C\C/C=C\C/C=C\C/C=C\CCCCCCCCC(=O)OC(/C=C/CCCCCCCCCCC)C(COP(=O)(O)OCC[N+](C)(C)C)NC(=O)CCCCCCCCCCCCCCCCC/C=C\C/C=C\CCCCC. The van der Waals surface area contributed by atoms with Crippen LogP contribution >= 0.6 is 7.82 Å². The number of phosphoric acid groups is 1. The lowest BCUT2D eigenvalue weighted by Gasteiger charge is -2.27. The molecule has 502 valence electrons. The van der Waals surface area contributed by atoms with E-state index < -0.39 is 20.0 Å². The molecule has 0 heterocycles. The van der Waals surface area contributed by atoms with E-state index in [0.717, 1.165) is 128 Å². The predicted octanol–water partition coefficient (Wildman–Crippen LogP) is 23.2. The van der Waals surface area contributed by atoms with Crippen LogP contribution in [0.5, 0.6) is 0 Å². The molecule has 0 spiro atoms. The molecular weight excluding hydrogens is 1100 g/mol. The van der Waals surface area contributed by atoms with Crippen molar-refractivity contribution >= 4 is 19.7 Å². The summed E-state index contributed by atoms with van der Waals surface area (Å²) in [7, 11) is 1.48. The lowest BCUT2D eigenvalue weighted by atomic mass is 10.0. The fraction of sp³-hybridized carbons (Fsp3) is 0.740. The van der Waals surface area contributed by atoms with E-state index in [9.17, 15) is 19.0 Å². The fourth-order valence-corrected chi connectivity index (χ4v) is 10.9. The van der Waals surface area contributed by atoms with Crippen LogP contribution in [0.25, 0.3) is 0 Å². The first-order valence-electron chi connectivity index (χ1n) is 36.2. The van der Waals surface area contributed by atoms with E-state index in [-0.39, 0.29) is 31.5 Å². The number of allylic oxidation sites excluding steroid dienone is 17. The van der Waals surface area contributed by atoms with Crippen molar-refractivity contribution in [2.45, 2.75) is 328 Å². The first kappa shape index (κ1) is 83.7. The van der Waals surface area contributed by atoms with Crippen LogP contribution in [-0.2, 0) is 27.9 Å². The first-order valence-corrected chi connectivity index (χ1v) is 37.7. The Morgan fingerprint density at radius 2 is 0.736 bits per heavy atom. The zero-order valence-corrected chi connectivity index (χ0v) is 58.4. The number of phosphoric ester groups is 1. The normalized spacial score (nSPS) is 14.1. The molecule has 0 fully saturated rings. The van der Waals surface area contributed by atoms with Gasteiger partial charge in [0.15, 0.2) is 0 Å². The summed E-state index contributed by atoms with van der Waals surface area (Å²) in [6.07, 6.45) is 91.0. The molecule has 0 bridgehead atoms. The monoisotopic (exact) mass is 1230 g/mol. The second-order valence-electron chi connectivity index (χ2n) is 25.4. The number of carbonyl (C=O) groups is 2. The molecule has 0 aromatic heterocycles. The minimum Gasteiger partial charge on any atom is -0.456 e. The molecule has 0 saturated carbocycles. The minimum absolute atomic E-state index is 0.0336. The molecule has 0 aliphatic heterocycles. The van der Waals surface area contributed by atoms with Crippen molar-refractivity contribution in [2.24, 2.45) is 0 Å². The maximum absolute atomic E-state index is 13.6. The molecule has 3 unspecified atom stereocenters. The van der Waals surface area contributed by atoms with Gasteiger partial charge in [-0.25, -0.2) is 4.57 Å². The van der Waals surface area contributed by atoms with Crippen LogP contribution in [0.3, 0.4) is 0 Å². The highest BCUT2D eigenvalue weighted by Crippen LogP contribution is 2.43. The van der Waals surface area contributed by atoms with Gasteiger partial charge in [-0.3, -0.25) is 18.6 Å². The average molecular weight is 1230 g/mol. The number of likely N-dealkylation sites (N-methyl/N-ethyl adjacent to an activating group) is 1. The third-order valence-corrected chi connectivity index (χ3v) is 16.7. The number of quaternary nitrogens is 1. The van der Waals surface area contributed by atoms with E-state index >= 15 is 0 Å². The van der Waals surface area contributed by atoms with Crippen LogP contribution < -0.4 is 5.32 Å². The van der Waals surface area contributed by atoms with Crippen LogP contribution in [-0.4, -0.2) is 74.3 Å². The quantitative estimate of drug-likeness (QED) is 0.0205. The van der Waals surface area contributed by atoms with Gasteiger partial charge in [-0.2, -0.15) is 0 Å². The van der Waals surface area contributed by atoms with Crippen molar-refractivity contribution in [3.05, 3.63) is 109 Å². The topological polar surface area (TPSA) is 111 Å². The zero-order chi connectivity index (χ0) is 63.5. The van der Waals surface area contributed by atoms with Gasteiger partial charge in [0.2, 0.25) is 5.91 Å². The van der Waals surface area contributed by atoms with Gasteiger partial charge in [0.05, 0.1) is 33.8 Å². The molecule has 0 aliphatic rings. The molecule has 2 N–H and O–H groups in total. The molecule has 3 atom stereocenters. The average Bonchev–Trinajstić information content (AvgIpc) is 3.70. The summed E-state index contributed by atoms with van der Waals surface area (Å²) in [5.41, 5.74) is 0. The van der Waals surface area contributed by atoms with E-state index in [2.05, 4.69) is 123 Å². The summed E-state index contributed by atoms with van der Waals surface area (Å²) >= 11 is 0. The Labute approximate surface area is 538 Å². The van der Waals surface area contributed by atoms with Gasteiger partial charge in [0.1, 0.15) is 19.3 Å². The number of nitrogens with one attached hydrogen (secondary N) is 1. The smallest absolute Gasteiger partial charge is 0.456 e. The molecule has 0 aliphatic carbocycles. The minimum atomic E-state index is -4.46. The summed E-state index contributed by atoms with van der Waals surface area (Å²) in [6, 6.07) is -0.862. The summed E-state index contributed by atoms with van der Waals surface area (Å²) in [6.45, 7) is 6.88. The van der Waals surface area contributed by atoms with Crippen molar-refractivity contribution < 1.29 is 37.3 Å². The van der Waals surface area contributed by atoms with E-state index in [0.29, 0.717) is 17.4 Å². The van der Waals surface area contributed by atoms with E-state index in [1.54, 1.807) is 0 Å². The van der Waals surface area contributed by atoms with Gasteiger partial charge in [-0.05, 0) is 115 Å². The fourth-order valence-electron chi connectivity index (χ4n) is 10.2. The number of rotatable bonds is 65. The van der Waals surface area contributed by atoms with Crippen LogP contribution in [0.15, 0.2) is 109 Å². The predicted molar refractivity (Wildman–Crippen MR) is 378 cm³/mol. The van der Waals surface area contributed by atoms with Gasteiger partial charge in [0.25, 0.3) is 0 Å². The lowest BCUT2D eigenvalue weighted by Crippen LogP contribution is -2.47. The number of hydrogen-bond donors (Lipinski definition) is 2. The number of ether oxygens (including phenoxy) is 1. The third-order valence-electron chi connectivity index (χ3n) is 15.7. The standard InChI is InChI=1S/C77H137N2O7P/c1-7-10-13-16-19-22-25-27-29-31-33-35-37-39-41-43-45-47-49-51-54-57-60-63-66-69-76(80)78-74(73-85-87(82,83)84-72-71-79(4,5)6)75(68-65-62-59-56-53-24-21-18-15-12-9-3)86-77(81)70-67-64-61-58-55-52-50-48-46-44-42-40-38-36-34-32-30-28-26-23-20-17-14-11-8-2/h11,14,19-20,22-23,27-30,34,36,40,42,46,48,65,68,74-75H,7-10,12-13,15-18,21,24-26,31-33,35,37-39,41,43-45,47,49-64,66-67,69-73H2,1-6H3,(H-,78,80,82,83)/p+1/b14-11-,22-19-,23-20-,29-27-,30-28-,36-34-,42-40-,48-46-,68-65+.